The molecular formula is C10H8BrNO3S. The molecule has 0 aliphatic carbocycles. The molecule has 6 heteroatoms. The highest BCUT2D eigenvalue weighted by molar-refractivity contribution is 9.10. The van der Waals surface area contributed by atoms with Crippen LogP contribution in [0, 0.1) is 0 Å². The summed E-state index contributed by atoms with van der Waals surface area (Å²) in [6, 6.07) is 5.15. The van der Waals surface area contributed by atoms with Gasteiger partial charge in [0.2, 0.25) is 10.0 Å². The summed E-state index contributed by atoms with van der Waals surface area (Å²) in [6.07, 6.45) is 3.08. The number of carbonyl (C=O) groups excluding carboxylic acids is 1. The van der Waals surface area contributed by atoms with Gasteiger partial charge < -0.3 is 0 Å². The number of halogens is 1. The van der Waals surface area contributed by atoms with Gasteiger partial charge in [0.25, 0.3) is 0 Å². The Morgan fingerprint density at radius 2 is 2.06 bits per heavy atom. The SMILES string of the molecule is CS(=O)(=O)n1cc(C=O)c2c(Br)cccc21. The van der Waals surface area contributed by atoms with Crippen LogP contribution in [0.3, 0.4) is 0 Å². The predicted molar refractivity (Wildman–Crippen MR) is 65.3 cm³/mol. The summed E-state index contributed by atoms with van der Waals surface area (Å²) in [5.41, 5.74) is 0.854. The van der Waals surface area contributed by atoms with E-state index in [1.165, 1.54) is 6.20 Å². The van der Waals surface area contributed by atoms with E-state index in [0.717, 1.165) is 10.2 Å². The third kappa shape index (κ3) is 1.68. The summed E-state index contributed by atoms with van der Waals surface area (Å²) in [5, 5.41) is 0.614. The zero-order valence-corrected chi connectivity index (χ0v) is 10.7. The fourth-order valence-corrected chi connectivity index (χ4v) is 3.01. The van der Waals surface area contributed by atoms with Crippen molar-refractivity contribution in [3.8, 4) is 0 Å². The molecule has 4 nitrogen and oxygen atoms in total. The summed E-state index contributed by atoms with van der Waals surface area (Å²) >= 11 is 3.30. The summed E-state index contributed by atoms with van der Waals surface area (Å²) in [7, 11) is -3.40. The lowest BCUT2D eigenvalue weighted by Gasteiger charge is -2.01. The van der Waals surface area contributed by atoms with Gasteiger partial charge in [0.15, 0.2) is 6.29 Å². The highest BCUT2D eigenvalue weighted by Gasteiger charge is 2.15. The van der Waals surface area contributed by atoms with Gasteiger partial charge in [-0.15, -0.1) is 0 Å². The smallest absolute Gasteiger partial charge is 0.236 e. The summed E-state index contributed by atoms with van der Waals surface area (Å²) in [4.78, 5) is 10.9. The average Bonchev–Trinajstić information content (AvgIpc) is 2.57. The Morgan fingerprint density at radius 3 is 2.62 bits per heavy atom. The van der Waals surface area contributed by atoms with Gasteiger partial charge >= 0.3 is 0 Å². The molecule has 0 atom stereocenters. The van der Waals surface area contributed by atoms with Crippen LogP contribution in [0.4, 0.5) is 0 Å². The van der Waals surface area contributed by atoms with Gasteiger partial charge in [-0.1, -0.05) is 22.0 Å². The first-order valence-electron chi connectivity index (χ1n) is 4.40. The molecule has 1 aromatic carbocycles. The highest BCUT2D eigenvalue weighted by Crippen LogP contribution is 2.28. The molecule has 0 bridgehead atoms. The number of hydrogen-bond acceptors (Lipinski definition) is 3. The molecule has 84 valence electrons. The summed E-state index contributed by atoms with van der Waals surface area (Å²) in [5.74, 6) is 0. The number of benzene rings is 1. The topological polar surface area (TPSA) is 56.1 Å². The minimum atomic E-state index is -3.40. The monoisotopic (exact) mass is 301 g/mol. The van der Waals surface area contributed by atoms with Gasteiger partial charge in [0.1, 0.15) is 0 Å². The standard InChI is InChI=1S/C10H8BrNO3S/c1-16(14,15)12-5-7(6-13)10-8(11)3-2-4-9(10)12/h2-6H,1H3. The van der Waals surface area contributed by atoms with E-state index in [0.29, 0.717) is 27.2 Å². The van der Waals surface area contributed by atoms with E-state index in [1.807, 2.05) is 0 Å². The van der Waals surface area contributed by atoms with Crippen LogP contribution in [0.25, 0.3) is 10.9 Å². The van der Waals surface area contributed by atoms with Crippen LogP contribution in [-0.4, -0.2) is 24.9 Å². The van der Waals surface area contributed by atoms with Crippen LogP contribution in [0.15, 0.2) is 28.9 Å². The molecule has 2 rings (SSSR count). The first-order chi connectivity index (χ1) is 7.45. The second-order valence-electron chi connectivity index (χ2n) is 3.40. The molecule has 2 aromatic rings. The van der Waals surface area contributed by atoms with Crippen LogP contribution in [0.2, 0.25) is 0 Å². The van der Waals surface area contributed by atoms with Gasteiger partial charge in [-0.25, -0.2) is 12.4 Å². The van der Waals surface area contributed by atoms with E-state index in [-0.39, 0.29) is 0 Å². The second-order valence-corrected chi connectivity index (χ2v) is 6.11. The van der Waals surface area contributed by atoms with Gasteiger partial charge in [0.05, 0.1) is 11.8 Å². The molecule has 0 amide bonds. The van der Waals surface area contributed by atoms with Crippen molar-refractivity contribution >= 4 is 43.1 Å². The van der Waals surface area contributed by atoms with E-state index < -0.39 is 10.0 Å². The van der Waals surface area contributed by atoms with E-state index in [4.69, 9.17) is 0 Å². The van der Waals surface area contributed by atoms with Crippen molar-refractivity contribution < 1.29 is 13.2 Å². The van der Waals surface area contributed by atoms with Gasteiger partial charge in [-0.2, -0.15) is 0 Å². The first kappa shape index (κ1) is 11.3. The van der Waals surface area contributed by atoms with Crippen LogP contribution in [-0.2, 0) is 10.0 Å². The Bertz CT molecular complexity index is 673. The fraction of sp³-hybridized carbons (Fsp3) is 0.100. The Balaban J connectivity index is 3.00. The van der Waals surface area contributed by atoms with Gasteiger partial charge in [0, 0.05) is 21.6 Å². The van der Waals surface area contributed by atoms with E-state index >= 15 is 0 Å². The van der Waals surface area contributed by atoms with Crippen molar-refractivity contribution in [1.29, 1.82) is 0 Å². The number of aldehydes is 1. The molecule has 0 spiro atoms. The van der Waals surface area contributed by atoms with Gasteiger partial charge in [-0.05, 0) is 12.1 Å². The highest BCUT2D eigenvalue weighted by atomic mass is 79.9. The summed E-state index contributed by atoms with van der Waals surface area (Å²) < 4.78 is 24.8. The van der Waals surface area contributed by atoms with Crippen molar-refractivity contribution in [3.63, 3.8) is 0 Å². The van der Waals surface area contributed by atoms with Crippen molar-refractivity contribution in [1.82, 2.24) is 3.97 Å². The summed E-state index contributed by atoms with van der Waals surface area (Å²) in [6.45, 7) is 0. The minimum Gasteiger partial charge on any atom is -0.298 e. The largest absolute Gasteiger partial charge is 0.298 e. The Kier molecular flexibility index (Phi) is 2.63. The molecule has 0 unspecified atom stereocenters. The molecule has 0 aliphatic heterocycles. The lowest BCUT2D eigenvalue weighted by atomic mass is 10.2. The Morgan fingerprint density at radius 1 is 1.38 bits per heavy atom. The maximum Gasteiger partial charge on any atom is 0.236 e. The van der Waals surface area contributed by atoms with Gasteiger partial charge in [-0.3, -0.25) is 4.79 Å². The number of rotatable bonds is 2. The number of carbonyl (C=O) groups is 1. The second kappa shape index (κ2) is 3.71. The lowest BCUT2D eigenvalue weighted by Crippen LogP contribution is -2.08. The molecule has 0 fully saturated rings. The van der Waals surface area contributed by atoms with Crippen molar-refractivity contribution in [2.75, 3.05) is 6.26 Å². The molecule has 1 aromatic heterocycles. The number of fused-ring (bicyclic) bond motifs is 1. The Labute approximate surface area is 101 Å². The molecule has 0 N–H and O–H groups in total. The van der Waals surface area contributed by atoms with Crippen molar-refractivity contribution in [2.45, 2.75) is 0 Å². The molecule has 0 saturated heterocycles. The van der Waals surface area contributed by atoms with E-state index in [1.54, 1.807) is 18.2 Å². The lowest BCUT2D eigenvalue weighted by molar-refractivity contribution is 0.112. The number of aromatic nitrogens is 1. The number of hydrogen-bond donors (Lipinski definition) is 0. The first-order valence-corrected chi connectivity index (χ1v) is 7.04. The van der Waals surface area contributed by atoms with Crippen LogP contribution in [0.5, 0.6) is 0 Å². The van der Waals surface area contributed by atoms with E-state index in [2.05, 4.69) is 15.9 Å². The molecular weight excluding hydrogens is 294 g/mol. The third-order valence-electron chi connectivity index (χ3n) is 2.26. The van der Waals surface area contributed by atoms with Crippen LogP contribution in [0.1, 0.15) is 10.4 Å². The fourth-order valence-electron chi connectivity index (χ4n) is 1.61. The van der Waals surface area contributed by atoms with Crippen LogP contribution < -0.4 is 0 Å². The predicted octanol–water partition coefficient (Wildman–Crippen LogP) is 2.02. The van der Waals surface area contributed by atoms with E-state index in [9.17, 15) is 13.2 Å². The molecule has 1 heterocycles. The average molecular weight is 302 g/mol. The maximum absolute atomic E-state index is 11.5. The zero-order chi connectivity index (χ0) is 11.9. The third-order valence-corrected chi connectivity index (χ3v) is 3.94. The normalized spacial score (nSPS) is 11.9. The maximum atomic E-state index is 11.5. The Hall–Kier alpha value is -1.14. The number of nitrogens with zero attached hydrogens (tertiary/aromatic N) is 1. The molecule has 0 saturated carbocycles. The minimum absolute atomic E-state index is 0.355. The molecule has 16 heavy (non-hydrogen) atoms. The van der Waals surface area contributed by atoms with Crippen molar-refractivity contribution in [3.05, 3.63) is 34.4 Å². The zero-order valence-electron chi connectivity index (χ0n) is 8.34. The quantitative estimate of drug-likeness (QED) is 0.798. The molecule has 0 radical (unpaired) electrons. The van der Waals surface area contributed by atoms with Crippen LogP contribution >= 0.6 is 15.9 Å². The molecule has 0 aliphatic rings. The van der Waals surface area contributed by atoms with Crippen molar-refractivity contribution in [2.24, 2.45) is 0 Å².